The van der Waals surface area contributed by atoms with Crippen LogP contribution in [0.5, 0.6) is 5.75 Å². The number of pyridine rings is 1. The van der Waals surface area contributed by atoms with E-state index < -0.39 is 12.1 Å². The Kier molecular flexibility index (Phi) is 3.81. The smallest absolute Gasteiger partial charge is 0.402 e. The number of nitrogens with zero attached hydrogens (tertiary/aromatic N) is 1. The number of aromatic nitrogens is 1. The highest BCUT2D eigenvalue weighted by Crippen LogP contribution is 2.37. The quantitative estimate of drug-likeness (QED) is 0.658. The summed E-state index contributed by atoms with van der Waals surface area (Å²) in [7, 11) is 0. The van der Waals surface area contributed by atoms with Gasteiger partial charge in [0.1, 0.15) is 4.60 Å². The molecule has 8 heteroatoms. The molecule has 0 aromatic carbocycles. The molecule has 0 aliphatic rings. The Morgan fingerprint density at radius 3 is 2.21 bits per heavy atom. The Morgan fingerprint density at radius 1 is 1.21 bits per heavy atom. The first kappa shape index (κ1) is 12.3. The molecule has 0 saturated heterocycles. The van der Waals surface area contributed by atoms with Crippen molar-refractivity contribution in [2.45, 2.75) is 6.36 Å². The van der Waals surface area contributed by atoms with Crippen molar-refractivity contribution in [3.05, 3.63) is 19.7 Å². The molecule has 0 N–H and O–H groups in total. The van der Waals surface area contributed by atoms with E-state index in [9.17, 15) is 13.2 Å². The lowest BCUT2D eigenvalue weighted by molar-refractivity contribution is -0.275. The first-order valence-corrected chi connectivity index (χ1v) is 5.45. The Hall–Kier alpha value is 0.180. The van der Waals surface area contributed by atoms with Crippen LogP contribution in [0.2, 0.25) is 0 Å². The zero-order chi connectivity index (χ0) is 10.9. The SMILES string of the molecule is FC(F)(F)Oc1c(Br)cc(Br)nc1Br. The lowest BCUT2D eigenvalue weighted by Gasteiger charge is -2.11. The second-order valence-corrected chi connectivity index (χ2v) is 4.51. The minimum Gasteiger partial charge on any atom is -0.402 e. The van der Waals surface area contributed by atoms with Crippen LogP contribution in [0.1, 0.15) is 0 Å². The van der Waals surface area contributed by atoms with Gasteiger partial charge < -0.3 is 4.74 Å². The molecule has 1 aromatic rings. The molecule has 0 fully saturated rings. The van der Waals surface area contributed by atoms with Gasteiger partial charge in [-0.3, -0.25) is 0 Å². The minimum atomic E-state index is -4.74. The molecule has 1 aromatic heterocycles. The Balaban J connectivity index is 3.09. The van der Waals surface area contributed by atoms with Crippen LogP contribution in [0.4, 0.5) is 13.2 Å². The van der Waals surface area contributed by atoms with E-state index in [2.05, 4.69) is 57.5 Å². The van der Waals surface area contributed by atoms with Gasteiger partial charge >= 0.3 is 6.36 Å². The fourth-order valence-electron chi connectivity index (χ4n) is 0.652. The van der Waals surface area contributed by atoms with Gasteiger partial charge in [0.15, 0.2) is 10.4 Å². The van der Waals surface area contributed by atoms with Crippen molar-refractivity contribution < 1.29 is 17.9 Å². The molecule has 2 nitrogen and oxygen atoms in total. The van der Waals surface area contributed by atoms with Crippen LogP contribution in [0.15, 0.2) is 19.7 Å². The van der Waals surface area contributed by atoms with E-state index in [-0.39, 0.29) is 9.08 Å². The van der Waals surface area contributed by atoms with E-state index >= 15 is 0 Å². The predicted molar refractivity (Wildman–Crippen MR) is 54.0 cm³/mol. The molecular formula is C6HBr3F3NO. The van der Waals surface area contributed by atoms with E-state index in [1.165, 1.54) is 6.07 Å². The molecule has 0 radical (unpaired) electrons. The van der Waals surface area contributed by atoms with Crippen molar-refractivity contribution in [2.75, 3.05) is 0 Å². The van der Waals surface area contributed by atoms with Crippen LogP contribution in [-0.2, 0) is 0 Å². The van der Waals surface area contributed by atoms with E-state index in [0.29, 0.717) is 4.60 Å². The topological polar surface area (TPSA) is 22.1 Å². The fraction of sp³-hybridized carbons (Fsp3) is 0.167. The molecule has 0 aliphatic heterocycles. The van der Waals surface area contributed by atoms with Crippen molar-refractivity contribution in [2.24, 2.45) is 0 Å². The largest absolute Gasteiger partial charge is 0.573 e. The first-order valence-electron chi connectivity index (χ1n) is 3.07. The van der Waals surface area contributed by atoms with Gasteiger partial charge in [-0.15, -0.1) is 13.2 Å². The number of rotatable bonds is 1. The molecule has 0 saturated carbocycles. The van der Waals surface area contributed by atoms with Gasteiger partial charge in [0, 0.05) is 0 Å². The summed E-state index contributed by atoms with van der Waals surface area (Å²) in [6, 6.07) is 1.35. The molecule has 0 spiro atoms. The molecule has 0 bridgehead atoms. The third-order valence-corrected chi connectivity index (χ3v) is 2.61. The van der Waals surface area contributed by atoms with Crippen LogP contribution in [0, 0.1) is 0 Å². The maximum absolute atomic E-state index is 11.9. The third kappa shape index (κ3) is 3.39. The Bertz CT molecular complexity index is 332. The second kappa shape index (κ2) is 4.36. The van der Waals surface area contributed by atoms with Crippen LogP contribution in [0.25, 0.3) is 0 Å². The van der Waals surface area contributed by atoms with Gasteiger partial charge in [-0.1, -0.05) is 0 Å². The molecule has 0 unspecified atom stereocenters. The zero-order valence-corrected chi connectivity index (χ0v) is 11.0. The standard InChI is InChI=1S/C6HBr3F3NO/c7-2-1-3(8)13-5(9)4(2)14-6(10,11)12/h1H. The normalized spacial score (nSPS) is 11.6. The molecule has 0 atom stereocenters. The van der Waals surface area contributed by atoms with Gasteiger partial charge in [-0.25, -0.2) is 4.98 Å². The summed E-state index contributed by atoms with van der Waals surface area (Å²) in [5.41, 5.74) is 0. The van der Waals surface area contributed by atoms with Crippen LogP contribution >= 0.6 is 47.8 Å². The summed E-state index contributed by atoms with van der Waals surface area (Å²) in [4.78, 5) is 3.70. The monoisotopic (exact) mass is 397 g/mol. The highest BCUT2D eigenvalue weighted by Gasteiger charge is 2.33. The van der Waals surface area contributed by atoms with Crippen molar-refractivity contribution in [1.29, 1.82) is 0 Å². The van der Waals surface area contributed by atoms with Gasteiger partial charge in [0.2, 0.25) is 0 Å². The minimum absolute atomic E-state index is 0.0314. The lowest BCUT2D eigenvalue weighted by atomic mass is 10.5. The number of alkyl halides is 3. The molecule has 0 aliphatic carbocycles. The van der Waals surface area contributed by atoms with Gasteiger partial charge in [0.25, 0.3) is 0 Å². The Labute approximate surface area is 102 Å². The van der Waals surface area contributed by atoms with Crippen molar-refractivity contribution in [3.8, 4) is 5.75 Å². The van der Waals surface area contributed by atoms with Gasteiger partial charge in [0.05, 0.1) is 4.47 Å². The van der Waals surface area contributed by atoms with Crippen molar-refractivity contribution in [3.63, 3.8) is 0 Å². The van der Waals surface area contributed by atoms with E-state index in [4.69, 9.17) is 0 Å². The maximum Gasteiger partial charge on any atom is 0.573 e. The lowest BCUT2D eigenvalue weighted by Crippen LogP contribution is -2.18. The summed E-state index contributed by atoms with van der Waals surface area (Å²) in [5.74, 6) is -0.402. The van der Waals surface area contributed by atoms with Crippen LogP contribution in [-0.4, -0.2) is 11.3 Å². The predicted octanol–water partition coefficient (Wildman–Crippen LogP) is 4.27. The number of ether oxygens (including phenoxy) is 1. The maximum atomic E-state index is 11.9. The highest BCUT2D eigenvalue weighted by atomic mass is 79.9. The first-order chi connectivity index (χ1) is 6.29. The second-order valence-electron chi connectivity index (χ2n) is 2.09. The summed E-state index contributed by atoms with van der Waals surface area (Å²) in [5, 5.41) is 0. The van der Waals surface area contributed by atoms with Gasteiger partial charge in [-0.05, 0) is 53.9 Å². The average Bonchev–Trinajstić information content (AvgIpc) is 1.95. The molecule has 78 valence electrons. The summed E-state index contributed by atoms with van der Waals surface area (Å²) in [6.45, 7) is 0. The van der Waals surface area contributed by atoms with Crippen LogP contribution in [0.3, 0.4) is 0 Å². The number of hydrogen-bond acceptors (Lipinski definition) is 2. The molecule has 0 amide bonds. The molecule has 1 heterocycles. The summed E-state index contributed by atoms with van der Waals surface area (Å²) < 4.78 is 40.0. The third-order valence-electron chi connectivity index (χ3n) is 1.07. The van der Waals surface area contributed by atoms with E-state index in [0.717, 1.165) is 0 Å². The van der Waals surface area contributed by atoms with E-state index in [1.807, 2.05) is 0 Å². The van der Waals surface area contributed by atoms with Gasteiger partial charge in [-0.2, -0.15) is 0 Å². The number of hydrogen-bond donors (Lipinski definition) is 0. The average molecular weight is 400 g/mol. The van der Waals surface area contributed by atoms with Crippen molar-refractivity contribution >= 4 is 47.8 Å². The number of halogens is 6. The summed E-state index contributed by atoms with van der Waals surface area (Å²) in [6.07, 6.45) is -4.74. The highest BCUT2D eigenvalue weighted by molar-refractivity contribution is 9.11. The van der Waals surface area contributed by atoms with Crippen molar-refractivity contribution in [1.82, 2.24) is 4.98 Å². The molecular weight excluding hydrogens is 399 g/mol. The molecule has 14 heavy (non-hydrogen) atoms. The summed E-state index contributed by atoms with van der Waals surface area (Å²) >= 11 is 8.80. The zero-order valence-electron chi connectivity index (χ0n) is 6.20. The molecule has 1 rings (SSSR count). The van der Waals surface area contributed by atoms with Crippen LogP contribution < -0.4 is 4.74 Å². The van der Waals surface area contributed by atoms with E-state index in [1.54, 1.807) is 0 Å². The fourth-order valence-corrected chi connectivity index (χ4v) is 2.84. The Morgan fingerprint density at radius 2 is 1.79 bits per heavy atom.